The number of hydrogen-bond acceptors (Lipinski definition) is 3. The van der Waals surface area contributed by atoms with Crippen LogP contribution in [0.15, 0.2) is 45.0 Å². The van der Waals surface area contributed by atoms with E-state index in [2.05, 4.69) is 20.0 Å². The summed E-state index contributed by atoms with van der Waals surface area (Å²) in [6, 6.07) is 3.05. The van der Waals surface area contributed by atoms with E-state index in [1.165, 1.54) is 24.6 Å². The molecule has 0 unspecified atom stereocenters. The van der Waals surface area contributed by atoms with Crippen molar-refractivity contribution in [3.63, 3.8) is 0 Å². The maximum Gasteiger partial charge on any atom is 0.200 e. The molecule has 0 saturated heterocycles. The second-order valence-electron chi connectivity index (χ2n) is 9.76. The van der Waals surface area contributed by atoms with Crippen molar-refractivity contribution in [2.24, 2.45) is 15.0 Å². The average molecular weight is 476 g/mol. The summed E-state index contributed by atoms with van der Waals surface area (Å²) in [5, 5.41) is 0. The van der Waals surface area contributed by atoms with Gasteiger partial charge < -0.3 is 4.98 Å². The van der Waals surface area contributed by atoms with Gasteiger partial charge in [-0.25, -0.2) is 26.9 Å². The van der Waals surface area contributed by atoms with E-state index < -0.39 is 40.2 Å². The van der Waals surface area contributed by atoms with Crippen molar-refractivity contribution < 1.29 is 22.0 Å². The molecule has 2 aromatic rings. The zero-order chi connectivity index (χ0) is 25.4. The Morgan fingerprint density at radius 1 is 0.765 bits per heavy atom. The monoisotopic (exact) mass is 476 g/mol. The van der Waals surface area contributed by atoms with Crippen LogP contribution in [0.2, 0.25) is 0 Å². The normalized spacial score (nSPS) is 16.3. The van der Waals surface area contributed by atoms with Crippen LogP contribution in [0, 0.1) is 29.1 Å². The van der Waals surface area contributed by atoms with Gasteiger partial charge in [-0.3, -0.25) is 9.98 Å². The highest BCUT2D eigenvalue weighted by Gasteiger charge is 2.30. The summed E-state index contributed by atoms with van der Waals surface area (Å²) < 4.78 is 71.4. The van der Waals surface area contributed by atoms with Gasteiger partial charge >= 0.3 is 0 Å². The lowest BCUT2D eigenvalue weighted by Gasteiger charge is -2.13. The van der Waals surface area contributed by atoms with Crippen molar-refractivity contribution in [2.45, 2.75) is 52.6 Å². The predicted molar refractivity (Wildman–Crippen MR) is 125 cm³/mol. The van der Waals surface area contributed by atoms with Gasteiger partial charge in [0.25, 0.3) is 0 Å². The zero-order valence-electron chi connectivity index (χ0n) is 19.7. The number of benzene rings is 1. The van der Waals surface area contributed by atoms with Crippen LogP contribution in [0.5, 0.6) is 0 Å². The smallest absolute Gasteiger partial charge is 0.200 e. The molecule has 34 heavy (non-hydrogen) atoms. The van der Waals surface area contributed by atoms with E-state index in [4.69, 9.17) is 0 Å². The Morgan fingerprint density at radius 2 is 1.29 bits per heavy atom. The highest BCUT2D eigenvalue weighted by atomic mass is 19.2. The molecule has 1 aliphatic heterocycles. The molecule has 4 nitrogen and oxygen atoms in total. The number of aromatic nitrogens is 1. The Kier molecular flexibility index (Phi) is 6.78. The number of nitrogens with one attached hydrogen (secondary N) is 1. The third-order valence-electron chi connectivity index (χ3n) is 4.53. The minimum absolute atomic E-state index is 0.0136. The van der Waals surface area contributed by atoms with Crippen LogP contribution >= 0.6 is 0 Å². The molecule has 1 aromatic heterocycles. The molecule has 0 amide bonds. The Morgan fingerprint density at radius 3 is 1.85 bits per heavy atom. The van der Waals surface area contributed by atoms with Gasteiger partial charge in [-0.2, -0.15) is 0 Å². The van der Waals surface area contributed by atoms with Crippen molar-refractivity contribution in [1.82, 2.24) is 4.98 Å². The number of nitrogens with zero attached hydrogens (tertiary/aromatic N) is 3. The van der Waals surface area contributed by atoms with E-state index >= 15 is 0 Å². The van der Waals surface area contributed by atoms with Gasteiger partial charge in [0.2, 0.25) is 5.82 Å². The number of aromatic amines is 1. The van der Waals surface area contributed by atoms with Crippen LogP contribution in [0.25, 0.3) is 5.57 Å². The van der Waals surface area contributed by atoms with E-state index in [0.717, 1.165) is 0 Å². The van der Waals surface area contributed by atoms with Crippen LogP contribution < -0.4 is 0 Å². The first-order valence-electron chi connectivity index (χ1n) is 10.5. The fraction of sp³-hybridized carbons (Fsp3) is 0.320. The SMILES string of the molecule is CC(C)(C)N=CC1=N/C(=C(\c2ccc(C=NC(C)(C)C)[nH]2)c2c(F)c(F)c(F)c(F)c2F)C=C1. The molecule has 0 bridgehead atoms. The minimum Gasteiger partial charge on any atom is -0.354 e. The van der Waals surface area contributed by atoms with Gasteiger partial charge in [-0.1, -0.05) is 0 Å². The lowest BCUT2D eigenvalue weighted by atomic mass is 9.98. The summed E-state index contributed by atoms with van der Waals surface area (Å²) in [5.41, 5.74) is -1.16. The largest absolute Gasteiger partial charge is 0.354 e. The predicted octanol–water partition coefficient (Wildman–Crippen LogP) is 6.57. The third kappa shape index (κ3) is 5.58. The molecule has 1 aliphatic rings. The molecule has 0 radical (unpaired) electrons. The number of rotatable bonds is 4. The molecule has 0 aliphatic carbocycles. The van der Waals surface area contributed by atoms with E-state index in [0.29, 0.717) is 11.4 Å². The van der Waals surface area contributed by atoms with Gasteiger partial charge in [0.05, 0.1) is 33.7 Å². The molecule has 2 heterocycles. The number of allylic oxidation sites excluding steroid dienone is 2. The molecule has 0 spiro atoms. The van der Waals surface area contributed by atoms with Crippen molar-refractivity contribution in [3.8, 4) is 0 Å². The van der Waals surface area contributed by atoms with Crippen LogP contribution in [0.1, 0.15) is 58.5 Å². The standard InChI is InChI=1S/C25H25F5N4/c1-24(2,3)31-11-13-7-9-15(33-13)17(16-10-8-14(34-16)12-32-25(4,5)6)18-19(26)21(28)23(30)22(29)20(18)27/h7-12,33H,1-6H3/b17-16+,31-11?,32-12?. The topological polar surface area (TPSA) is 52.9 Å². The van der Waals surface area contributed by atoms with Crippen LogP contribution in [0.4, 0.5) is 22.0 Å². The van der Waals surface area contributed by atoms with Crippen molar-refractivity contribution in [2.75, 3.05) is 0 Å². The van der Waals surface area contributed by atoms with Crippen LogP contribution in [0.3, 0.4) is 0 Å². The maximum atomic E-state index is 14.8. The fourth-order valence-corrected chi connectivity index (χ4v) is 2.97. The Hall–Kier alpha value is -3.36. The highest BCUT2D eigenvalue weighted by Crippen LogP contribution is 2.36. The average Bonchev–Trinajstić information content (AvgIpc) is 3.39. The molecular weight excluding hydrogens is 451 g/mol. The lowest BCUT2D eigenvalue weighted by molar-refractivity contribution is 0.376. The molecule has 1 aromatic carbocycles. The minimum atomic E-state index is -2.23. The van der Waals surface area contributed by atoms with E-state index in [1.54, 1.807) is 12.1 Å². The first-order chi connectivity index (χ1) is 15.7. The summed E-state index contributed by atoms with van der Waals surface area (Å²) in [6.45, 7) is 11.3. The maximum absolute atomic E-state index is 14.8. The number of aliphatic imine (C=N–C) groups is 3. The molecule has 0 fully saturated rings. The molecular formula is C25H25F5N4. The number of H-pyrrole nitrogens is 1. The lowest BCUT2D eigenvalue weighted by Crippen LogP contribution is -2.11. The summed E-state index contributed by atoms with van der Waals surface area (Å²) in [5.74, 6) is -10.2. The van der Waals surface area contributed by atoms with E-state index in [1.807, 2.05) is 41.5 Å². The highest BCUT2D eigenvalue weighted by molar-refractivity contribution is 6.37. The second-order valence-corrected chi connectivity index (χ2v) is 9.76. The fourth-order valence-electron chi connectivity index (χ4n) is 2.97. The van der Waals surface area contributed by atoms with E-state index in [9.17, 15) is 22.0 Å². The van der Waals surface area contributed by atoms with Crippen LogP contribution in [-0.2, 0) is 0 Å². The molecule has 0 atom stereocenters. The summed E-state index contributed by atoms with van der Waals surface area (Å²) in [6.07, 6.45) is 5.98. The quantitative estimate of drug-likeness (QED) is 0.225. The Balaban J connectivity index is 2.25. The summed E-state index contributed by atoms with van der Waals surface area (Å²) in [7, 11) is 0. The van der Waals surface area contributed by atoms with Gasteiger partial charge in [0.15, 0.2) is 23.3 Å². The molecule has 3 rings (SSSR count). The van der Waals surface area contributed by atoms with Gasteiger partial charge in [0, 0.05) is 23.7 Å². The molecule has 9 heteroatoms. The number of halogens is 5. The Labute approximate surface area is 194 Å². The van der Waals surface area contributed by atoms with E-state index in [-0.39, 0.29) is 22.5 Å². The molecule has 1 N–H and O–H groups in total. The van der Waals surface area contributed by atoms with Crippen molar-refractivity contribution >= 4 is 23.7 Å². The van der Waals surface area contributed by atoms with Crippen molar-refractivity contribution in [1.29, 1.82) is 0 Å². The second kappa shape index (κ2) is 9.12. The first kappa shape index (κ1) is 25.3. The summed E-state index contributed by atoms with van der Waals surface area (Å²) >= 11 is 0. The van der Waals surface area contributed by atoms with Gasteiger partial charge in [-0.15, -0.1) is 0 Å². The first-order valence-corrected chi connectivity index (χ1v) is 10.5. The van der Waals surface area contributed by atoms with Crippen molar-refractivity contribution in [3.05, 3.63) is 76.0 Å². The zero-order valence-corrected chi connectivity index (χ0v) is 19.7. The molecule has 180 valence electrons. The third-order valence-corrected chi connectivity index (χ3v) is 4.53. The molecule has 0 saturated carbocycles. The summed E-state index contributed by atoms with van der Waals surface area (Å²) in [4.78, 5) is 15.9. The van der Waals surface area contributed by atoms with Crippen LogP contribution in [-0.4, -0.2) is 34.2 Å². The van der Waals surface area contributed by atoms with Gasteiger partial charge in [0.1, 0.15) is 0 Å². The van der Waals surface area contributed by atoms with Gasteiger partial charge in [-0.05, 0) is 65.8 Å². The number of hydrogen-bond donors (Lipinski definition) is 1. The Bertz CT molecular complexity index is 1240.